The third-order valence-electron chi connectivity index (χ3n) is 5.59. The summed E-state index contributed by atoms with van der Waals surface area (Å²) in [4.78, 5) is 17.0. The van der Waals surface area contributed by atoms with E-state index in [0.29, 0.717) is 10.7 Å². The van der Waals surface area contributed by atoms with Gasteiger partial charge >= 0.3 is 0 Å². The molecule has 0 radical (unpaired) electrons. The fraction of sp³-hybridized carbons (Fsp3) is 0.545. The Morgan fingerprint density at radius 2 is 1.83 bits per heavy atom. The van der Waals surface area contributed by atoms with Gasteiger partial charge in [0.25, 0.3) is 5.56 Å². The number of rotatable bonds is 10. The van der Waals surface area contributed by atoms with Crippen LogP contribution in [-0.4, -0.2) is 61.1 Å². The number of aryl methyl sites for hydroxylation is 1. The van der Waals surface area contributed by atoms with Gasteiger partial charge in [-0.15, -0.1) is 0 Å². The van der Waals surface area contributed by atoms with Crippen molar-refractivity contribution in [1.29, 1.82) is 0 Å². The molecule has 0 unspecified atom stereocenters. The van der Waals surface area contributed by atoms with Crippen LogP contribution in [0.1, 0.15) is 25.7 Å². The molecule has 0 saturated carbocycles. The second-order valence-corrected chi connectivity index (χ2v) is 8.04. The molecule has 2 aromatic rings. The molecule has 3 rings (SSSR count). The quantitative estimate of drug-likeness (QED) is 0.580. The van der Waals surface area contributed by atoms with E-state index in [1.807, 2.05) is 12.1 Å². The van der Waals surface area contributed by atoms with Gasteiger partial charge in [-0.1, -0.05) is 36.6 Å². The fourth-order valence-electron chi connectivity index (χ4n) is 3.81. The van der Waals surface area contributed by atoms with Gasteiger partial charge < -0.3 is 15.0 Å². The number of nitrogens with one attached hydrogen (secondary N) is 1. The lowest BCUT2D eigenvalue weighted by atomic mass is 10.1. The fourth-order valence-corrected chi connectivity index (χ4v) is 4.00. The number of nitrogens with zero attached hydrogens (tertiary/aromatic N) is 4. The molecular formula is C22H32ClN5O2. The number of methoxy groups -OCH3 is 1. The van der Waals surface area contributed by atoms with Gasteiger partial charge in [-0.2, -0.15) is 5.10 Å². The minimum Gasteiger partial charge on any atom is -0.495 e. The number of aromatic nitrogens is 2. The van der Waals surface area contributed by atoms with Crippen molar-refractivity contribution in [3.05, 3.63) is 45.8 Å². The lowest BCUT2D eigenvalue weighted by molar-refractivity contribution is 0.251. The molecule has 0 spiro atoms. The van der Waals surface area contributed by atoms with Crippen molar-refractivity contribution < 1.29 is 4.74 Å². The predicted molar refractivity (Wildman–Crippen MR) is 123 cm³/mol. The molecule has 0 atom stereocenters. The minimum atomic E-state index is -0.185. The van der Waals surface area contributed by atoms with E-state index in [4.69, 9.17) is 16.3 Å². The van der Waals surface area contributed by atoms with Crippen LogP contribution in [0.25, 0.3) is 0 Å². The topological polar surface area (TPSA) is 62.6 Å². The molecule has 0 bridgehead atoms. The largest absolute Gasteiger partial charge is 0.495 e. The lowest BCUT2D eigenvalue weighted by Gasteiger charge is -2.36. The van der Waals surface area contributed by atoms with Gasteiger partial charge in [0, 0.05) is 39.8 Å². The molecule has 1 aliphatic rings. The highest BCUT2D eigenvalue weighted by Crippen LogP contribution is 2.28. The summed E-state index contributed by atoms with van der Waals surface area (Å²) in [6, 6.07) is 8.24. The smallest absolute Gasteiger partial charge is 0.291 e. The van der Waals surface area contributed by atoms with Crippen molar-refractivity contribution >= 4 is 23.0 Å². The van der Waals surface area contributed by atoms with Crippen molar-refractivity contribution in [2.75, 3.05) is 56.6 Å². The molecule has 1 N–H and O–H groups in total. The van der Waals surface area contributed by atoms with Crippen molar-refractivity contribution in [1.82, 2.24) is 14.7 Å². The van der Waals surface area contributed by atoms with Gasteiger partial charge in [-0.25, -0.2) is 4.68 Å². The number of anilines is 2. The van der Waals surface area contributed by atoms with Crippen LogP contribution in [0.5, 0.6) is 5.75 Å². The van der Waals surface area contributed by atoms with E-state index in [-0.39, 0.29) is 5.56 Å². The number of benzene rings is 1. The van der Waals surface area contributed by atoms with Gasteiger partial charge in [-0.05, 0) is 31.5 Å². The van der Waals surface area contributed by atoms with E-state index < -0.39 is 0 Å². The monoisotopic (exact) mass is 433 g/mol. The molecule has 7 nitrogen and oxygen atoms in total. The molecule has 1 fully saturated rings. The Morgan fingerprint density at radius 3 is 2.60 bits per heavy atom. The first-order valence-corrected chi connectivity index (χ1v) is 11.0. The molecule has 164 valence electrons. The van der Waals surface area contributed by atoms with Gasteiger partial charge in [-0.3, -0.25) is 9.69 Å². The highest BCUT2D eigenvalue weighted by atomic mass is 35.5. The molecule has 2 heterocycles. The molecule has 0 amide bonds. The zero-order valence-corrected chi connectivity index (χ0v) is 18.7. The first-order valence-electron chi connectivity index (χ1n) is 10.7. The molecule has 1 aromatic carbocycles. The minimum absolute atomic E-state index is 0.185. The zero-order valence-electron chi connectivity index (χ0n) is 17.9. The van der Waals surface area contributed by atoms with Gasteiger partial charge in [0.1, 0.15) is 11.4 Å². The van der Waals surface area contributed by atoms with E-state index >= 15 is 0 Å². The number of halogens is 1. The third kappa shape index (κ3) is 5.89. The number of unbranched alkanes of at least 4 members (excludes halogenated alkanes) is 3. The average molecular weight is 434 g/mol. The second kappa shape index (κ2) is 11.2. The maximum atomic E-state index is 12.0. The molecule has 1 aromatic heterocycles. The first kappa shape index (κ1) is 22.4. The van der Waals surface area contributed by atoms with Crippen LogP contribution >= 0.6 is 11.6 Å². The maximum Gasteiger partial charge on any atom is 0.291 e. The van der Waals surface area contributed by atoms with Crippen LogP contribution in [0.15, 0.2) is 35.3 Å². The Hall–Kier alpha value is -2.25. The van der Waals surface area contributed by atoms with Crippen molar-refractivity contribution in [2.45, 2.75) is 25.7 Å². The normalized spacial score (nSPS) is 14.7. The highest BCUT2D eigenvalue weighted by Gasteiger charge is 2.19. The van der Waals surface area contributed by atoms with Crippen molar-refractivity contribution in [3.8, 4) is 5.75 Å². The molecule has 1 saturated heterocycles. The first-order chi connectivity index (χ1) is 14.6. The number of piperazine rings is 1. The Kier molecular flexibility index (Phi) is 8.39. The molecule has 1 aliphatic heterocycles. The summed E-state index contributed by atoms with van der Waals surface area (Å²) in [5.41, 5.74) is 1.45. The summed E-state index contributed by atoms with van der Waals surface area (Å²) < 4.78 is 6.79. The summed E-state index contributed by atoms with van der Waals surface area (Å²) >= 11 is 6.06. The van der Waals surface area contributed by atoms with Gasteiger partial charge in [0.2, 0.25) is 0 Å². The predicted octanol–water partition coefficient (Wildman–Crippen LogP) is 3.24. The molecule has 8 heteroatoms. The van der Waals surface area contributed by atoms with Crippen LogP contribution in [-0.2, 0) is 7.05 Å². The van der Waals surface area contributed by atoms with E-state index in [1.54, 1.807) is 14.2 Å². The highest BCUT2D eigenvalue weighted by molar-refractivity contribution is 6.32. The van der Waals surface area contributed by atoms with Crippen LogP contribution in [0.3, 0.4) is 0 Å². The molecule has 0 aliphatic carbocycles. The SMILES string of the molecule is COc1ccccc1N1CCN(CCCCCCNc2c(Cl)cnn(C)c2=O)CC1. The van der Waals surface area contributed by atoms with E-state index in [9.17, 15) is 4.79 Å². The van der Waals surface area contributed by atoms with Crippen LogP contribution in [0, 0.1) is 0 Å². The Labute approximate surface area is 183 Å². The Bertz CT molecular complexity index is 865. The lowest BCUT2D eigenvalue weighted by Crippen LogP contribution is -2.46. The van der Waals surface area contributed by atoms with E-state index in [2.05, 4.69) is 32.3 Å². The third-order valence-corrected chi connectivity index (χ3v) is 5.88. The van der Waals surface area contributed by atoms with Crippen molar-refractivity contribution in [2.24, 2.45) is 7.05 Å². The zero-order chi connectivity index (χ0) is 21.3. The van der Waals surface area contributed by atoms with Gasteiger partial charge in [0.05, 0.1) is 24.0 Å². The number of hydrogen-bond acceptors (Lipinski definition) is 6. The summed E-state index contributed by atoms with van der Waals surface area (Å²) in [7, 11) is 3.36. The summed E-state index contributed by atoms with van der Waals surface area (Å²) in [6.07, 6.45) is 6.04. The summed E-state index contributed by atoms with van der Waals surface area (Å²) in [6.45, 7) is 6.13. The summed E-state index contributed by atoms with van der Waals surface area (Å²) in [5, 5.41) is 7.44. The Morgan fingerprint density at radius 1 is 1.10 bits per heavy atom. The number of hydrogen-bond donors (Lipinski definition) is 1. The standard InChI is InChI=1S/C22H32ClN5O2/c1-26-22(29)21(18(23)17-25-26)24-11-7-3-4-8-12-27-13-15-28(16-14-27)19-9-5-6-10-20(19)30-2/h5-6,9-10,17,24H,3-4,7-8,11-16H2,1-2H3. The summed E-state index contributed by atoms with van der Waals surface area (Å²) in [5.74, 6) is 0.950. The molecular weight excluding hydrogens is 402 g/mol. The van der Waals surface area contributed by atoms with E-state index in [1.165, 1.54) is 29.4 Å². The second-order valence-electron chi connectivity index (χ2n) is 7.64. The molecule has 30 heavy (non-hydrogen) atoms. The van der Waals surface area contributed by atoms with Crippen LogP contribution in [0.4, 0.5) is 11.4 Å². The average Bonchev–Trinajstić information content (AvgIpc) is 2.78. The maximum absolute atomic E-state index is 12.0. The van der Waals surface area contributed by atoms with Crippen LogP contribution < -0.4 is 20.5 Å². The number of ether oxygens (including phenoxy) is 1. The van der Waals surface area contributed by atoms with E-state index in [0.717, 1.165) is 57.9 Å². The van der Waals surface area contributed by atoms with Crippen LogP contribution in [0.2, 0.25) is 5.02 Å². The van der Waals surface area contributed by atoms with Gasteiger partial charge in [0.15, 0.2) is 0 Å². The van der Waals surface area contributed by atoms with Crippen molar-refractivity contribution in [3.63, 3.8) is 0 Å². The Balaban J connectivity index is 1.29. The number of para-hydroxylation sites is 2.